The second kappa shape index (κ2) is 9.89. The predicted molar refractivity (Wildman–Crippen MR) is 115 cm³/mol. The van der Waals surface area contributed by atoms with Crippen molar-refractivity contribution < 1.29 is 19.2 Å². The second-order valence-electron chi connectivity index (χ2n) is 7.48. The number of carboxylic acid groups (broad SMARTS) is 1. The molecule has 1 saturated carbocycles. The van der Waals surface area contributed by atoms with E-state index in [0.29, 0.717) is 41.3 Å². The number of carboxylic acids is 1. The van der Waals surface area contributed by atoms with Crippen molar-refractivity contribution in [2.75, 3.05) is 6.54 Å². The van der Waals surface area contributed by atoms with Crippen LogP contribution in [0.1, 0.15) is 37.7 Å². The van der Waals surface area contributed by atoms with Crippen LogP contribution in [0.15, 0.2) is 41.1 Å². The van der Waals surface area contributed by atoms with Crippen molar-refractivity contribution in [3.05, 3.63) is 47.1 Å². The summed E-state index contributed by atoms with van der Waals surface area (Å²) in [5.41, 5.74) is 2.47. The molecule has 9 heteroatoms. The van der Waals surface area contributed by atoms with Gasteiger partial charge in [0, 0.05) is 24.8 Å². The van der Waals surface area contributed by atoms with Crippen LogP contribution in [0.5, 0.6) is 5.88 Å². The van der Waals surface area contributed by atoms with Gasteiger partial charge in [-0.15, -0.1) is 0 Å². The number of carbonyl (C=O) groups is 1. The zero-order chi connectivity index (χ0) is 21.6. The minimum Gasteiger partial charge on any atom is -0.481 e. The first-order chi connectivity index (χ1) is 15.1. The van der Waals surface area contributed by atoms with E-state index in [1.54, 1.807) is 12.3 Å². The molecule has 1 aliphatic rings. The van der Waals surface area contributed by atoms with E-state index in [9.17, 15) is 4.79 Å². The highest BCUT2D eigenvalue weighted by Gasteiger charge is 2.19. The van der Waals surface area contributed by atoms with Crippen molar-refractivity contribution in [3.8, 4) is 28.7 Å². The summed E-state index contributed by atoms with van der Waals surface area (Å²) < 4.78 is 11.3. The van der Waals surface area contributed by atoms with Gasteiger partial charge in [0.05, 0.1) is 12.0 Å². The first kappa shape index (κ1) is 21.3. The number of rotatable bonds is 9. The molecule has 0 saturated heterocycles. The highest BCUT2D eigenvalue weighted by atomic mass is 35.5. The average molecular weight is 443 g/mol. The third kappa shape index (κ3) is 5.59. The van der Waals surface area contributed by atoms with Gasteiger partial charge in [0.15, 0.2) is 0 Å². The van der Waals surface area contributed by atoms with E-state index in [0.717, 1.165) is 24.0 Å². The van der Waals surface area contributed by atoms with Gasteiger partial charge in [-0.2, -0.15) is 4.98 Å². The highest BCUT2D eigenvalue weighted by Crippen LogP contribution is 2.31. The molecule has 0 spiro atoms. The molecular formula is C22H23ClN4O4. The van der Waals surface area contributed by atoms with Crippen molar-refractivity contribution >= 4 is 17.6 Å². The Morgan fingerprint density at radius 1 is 1.23 bits per heavy atom. The van der Waals surface area contributed by atoms with Gasteiger partial charge in [-0.1, -0.05) is 41.0 Å². The molecule has 1 aromatic carbocycles. The quantitative estimate of drug-likeness (QED) is 0.471. The fourth-order valence-corrected chi connectivity index (χ4v) is 3.66. The second-order valence-corrected chi connectivity index (χ2v) is 7.88. The van der Waals surface area contributed by atoms with E-state index >= 15 is 0 Å². The fraction of sp³-hybridized carbons (Fsp3) is 0.364. The molecule has 8 nitrogen and oxygen atoms in total. The van der Waals surface area contributed by atoms with Gasteiger partial charge < -0.3 is 19.7 Å². The number of hydrogen-bond donors (Lipinski definition) is 2. The molecule has 2 aromatic heterocycles. The summed E-state index contributed by atoms with van der Waals surface area (Å²) in [7, 11) is 0. The van der Waals surface area contributed by atoms with E-state index in [-0.39, 0.29) is 12.5 Å². The van der Waals surface area contributed by atoms with Gasteiger partial charge >= 0.3 is 5.97 Å². The zero-order valence-corrected chi connectivity index (χ0v) is 17.6. The predicted octanol–water partition coefficient (Wildman–Crippen LogP) is 4.34. The zero-order valence-electron chi connectivity index (χ0n) is 16.9. The molecule has 1 aliphatic carbocycles. The number of nitrogens with one attached hydrogen (secondary N) is 1. The number of halogens is 1. The number of pyridine rings is 1. The van der Waals surface area contributed by atoms with Crippen LogP contribution in [0.2, 0.25) is 5.02 Å². The van der Waals surface area contributed by atoms with E-state index in [1.807, 2.05) is 24.3 Å². The van der Waals surface area contributed by atoms with Crippen LogP contribution in [0.4, 0.5) is 0 Å². The molecule has 1 fully saturated rings. The van der Waals surface area contributed by atoms with Gasteiger partial charge in [0.1, 0.15) is 11.1 Å². The van der Waals surface area contributed by atoms with Crippen LogP contribution in [0.25, 0.3) is 22.8 Å². The van der Waals surface area contributed by atoms with Crippen LogP contribution in [0, 0.1) is 0 Å². The smallest absolute Gasteiger partial charge is 0.304 e. The number of benzene rings is 1. The molecule has 0 bridgehead atoms. The maximum Gasteiger partial charge on any atom is 0.304 e. The molecule has 0 atom stereocenters. The Bertz CT molecular complexity index is 1030. The molecule has 0 aliphatic heterocycles. The summed E-state index contributed by atoms with van der Waals surface area (Å²) >= 11 is 6.35. The standard InChI is InChI=1S/C22H23ClN4O4/c23-18-11-16(13-25-22(18)30-17-3-1-2-4-17)21-26-20(27-31-21)15-7-5-14(6-8-15)12-24-10-9-19(28)29/h5-8,11,13,17,24H,1-4,9-10,12H2,(H,28,29). The molecule has 31 heavy (non-hydrogen) atoms. The lowest BCUT2D eigenvalue weighted by Gasteiger charge is -2.13. The SMILES string of the molecule is O=C(O)CCNCc1ccc(-c2noc(-c3cnc(OC4CCCC4)c(Cl)c3)n2)cc1. The van der Waals surface area contributed by atoms with Gasteiger partial charge in [-0.25, -0.2) is 4.98 Å². The van der Waals surface area contributed by atoms with Crippen molar-refractivity contribution in [1.82, 2.24) is 20.4 Å². The average Bonchev–Trinajstić information content (AvgIpc) is 3.45. The largest absolute Gasteiger partial charge is 0.481 e. The van der Waals surface area contributed by atoms with Gasteiger partial charge in [0.2, 0.25) is 11.7 Å². The number of ether oxygens (including phenoxy) is 1. The van der Waals surface area contributed by atoms with E-state index in [1.165, 1.54) is 12.8 Å². The molecule has 2 N–H and O–H groups in total. The number of nitrogens with zero attached hydrogens (tertiary/aromatic N) is 3. The minimum absolute atomic E-state index is 0.0935. The van der Waals surface area contributed by atoms with Gasteiger partial charge in [-0.3, -0.25) is 4.79 Å². The lowest BCUT2D eigenvalue weighted by Crippen LogP contribution is -2.17. The topological polar surface area (TPSA) is 110 Å². The van der Waals surface area contributed by atoms with Crippen LogP contribution >= 0.6 is 11.6 Å². The Kier molecular flexibility index (Phi) is 6.79. The van der Waals surface area contributed by atoms with Gasteiger partial charge in [-0.05, 0) is 37.3 Å². The van der Waals surface area contributed by atoms with Crippen LogP contribution < -0.4 is 10.1 Å². The first-order valence-corrected chi connectivity index (χ1v) is 10.6. The fourth-order valence-electron chi connectivity index (χ4n) is 3.45. The van der Waals surface area contributed by atoms with Crippen LogP contribution in [-0.2, 0) is 11.3 Å². The number of hydrogen-bond acceptors (Lipinski definition) is 7. The minimum atomic E-state index is -0.816. The van der Waals surface area contributed by atoms with E-state index in [2.05, 4.69) is 20.4 Å². The van der Waals surface area contributed by atoms with Gasteiger partial charge in [0.25, 0.3) is 5.89 Å². The maximum atomic E-state index is 10.5. The normalized spacial score (nSPS) is 14.1. The molecule has 162 valence electrons. The number of aromatic nitrogens is 3. The summed E-state index contributed by atoms with van der Waals surface area (Å²) in [6.07, 6.45) is 6.31. The molecule has 4 rings (SSSR count). The summed E-state index contributed by atoms with van der Waals surface area (Å²) in [6, 6.07) is 9.39. The van der Waals surface area contributed by atoms with Crippen molar-refractivity contribution in [2.24, 2.45) is 0 Å². The van der Waals surface area contributed by atoms with E-state index < -0.39 is 5.97 Å². The van der Waals surface area contributed by atoms with Crippen LogP contribution in [-0.4, -0.2) is 38.8 Å². The number of aliphatic carboxylic acids is 1. The molecular weight excluding hydrogens is 420 g/mol. The van der Waals surface area contributed by atoms with Crippen LogP contribution in [0.3, 0.4) is 0 Å². The Morgan fingerprint density at radius 3 is 2.71 bits per heavy atom. The summed E-state index contributed by atoms with van der Waals surface area (Å²) in [5.74, 6) is 0.409. The molecule has 0 unspecified atom stereocenters. The Balaban J connectivity index is 1.39. The summed E-state index contributed by atoms with van der Waals surface area (Å²) in [6.45, 7) is 1.01. The molecule has 0 radical (unpaired) electrons. The summed E-state index contributed by atoms with van der Waals surface area (Å²) in [4.78, 5) is 19.3. The van der Waals surface area contributed by atoms with Crippen molar-refractivity contribution in [2.45, 2.75) is 44.8 Å². The Morgan fingerprint density at radius 2 is 2.00 bits per heavy atom. The van der Waals surface area contributed by atoms with Crippen molar-refractivity contribution in [3.63, 3.8) is 0 Å². The van der Waals surface area contributed by atoms with Crippen molar-refractivity contribution in [1.29, 1.82) is 0 Å². The first-order valence-electron chi connectivity index (χ1n) is 10.3. The molecule has 0 amide bonds. The Hall–Kier alpha value is -2.97. The van der Waals surface area contributed by atoms with E-state index in [4.69, 9.17) is 26.0 Å². The lowest BCUT2D eigenvalue weighted by molar-refractivity contribution is -0.136. The summed E-state index contributed by atoms with van der Waals surface area (Å²) in [5, 5.41) is 16.2. The third-order valence-electron chi connectivity index (χ3n) is 5.12. The maximum absolute atomic E-state index is 10.5. The highest BCUT2D eigenvalue weighted by molar-refractivity contribution is 6.32. The Labute approximate surface area is 184 Å². The monoisotopic (exact) mass is 442 g/mol. The lowest BCUT2D eigenvalue weighted by atomic mass is 10.1. The molecule has 2 heterocycles. The third-order valence-corrected chi connectivity index (χ3v) is 5.39. The molecule has 3 aromatic rings.